The lowest BCUT2D eigenvalue weighted by Gasteiger charge is -2.11. The van der Waals surface area contributed by atoms with Crippen molar-refractivity contribution >= 4 is 16.8 Å². The van der Waals surface area contributed by atoms with Crippen LogP contribution in [0.3, 0.4) is 0 Å². The van der Waals surface area contributed by atoms with Gasteiger partial charge in [0.05, 0.1) is 14.2 Å². The number of fused-ring (bicyclic) bond motifs is 1. The summed E-state index contributed by atoms with van der Waals surface area (Å²) in [5.41, 5.74) is 2.87. The molecule has 0 radical (unpaired) electrons. The molecule has 2 aromatic carbocycles. The minimum atomic E-state index is -0.0532. The van der Waals surface area contributed by atoms with Gasteiger partial charge in [-0.25, -0.2) is 0 Å². The number of carbonyl (C=O) groups excluding carboxylic acids is 1. The summed E-state index contributed by atoms with van der Waals surface area (Å²) < 4.78 is 12.8. The maximum absolute atomic E-state index is 12.7. The summed E-state index contributed by atoms with van der Waals surface area (Å²) in [4.78, 5) is 12.7. The summed E-state index contributed by atoms with van der Waals surface area (Å²) in [7, 11) is 3.23. The average Bonchev–Trinajstić information content (AvgIpc) is 3.12. The molecule has 3 rings (SSSR count). The molecule has 0 unspecified atom stereocenters. The van der Waals surface area contributed by atoms with Crippen LogP contribution in [0.2, 0.25) is 0 Å². The average molecular weight is 366 g/mol. The monoisotopic (exact) mass is 366 g/mol. The largest absolute Gasteiger partial charge is 0.493 e. The molecule has 27 heavy (non-hydrogen) atoms. The summed E-state index contributed by atoms with van der Waals surface area (Å²) in [5, 5.41) is 4.01. The molecule has 0 aliphatic heterocycles. The van der Waals surface area contributed by atoms with Crippen LogP contribution in [0.15, 0.2) is 48.7 Å². The molecule has 1 N–H and O–H groups in total. The number of aromatic nitrogens is 1. The van der Waals surface area contributed by atoms with Gasteiger partial charge < -0.3 is 19.4 Å². The second-order valence-electron chi connectivity index (χ2n) is 6.75. The van der Waals surface area contributed by atoms with Gasteiger partial charge in [-0.2, -0.15) is 0 Å². The minimum Gasteiger partial charge on any atom is -0.493 e. The van der Waals surface area contributed by atoms with E-state index in [2.05, 4.69) is 29.8 Å². The fraction of sp³-hybridized carbons (Fsp3) is 0.318. The van der Waals surface area contributed by atoms with Crippen molar-refractivity contribution in [1.82, 2.24) is 9.88 Å². The smallest absolute Gasteiger partial charge is 0.251 e. The van der Waals surface area contributed by atoms with Crippen LogP contribution in [0.4, 0.5) is 0 Å². The summed E-state index contributed by atoms with van der Waals surface area (Å²) >= 11 is 0. The fourth-order valence-corrected chi connectivity index (χ4v) is 3.29. The van der Waals surface area contributed by atoms with Crippen LogP contribution in [0.25, 0.3) is 10.9 Å². The van der Waals surface area contributed by atoms with E-state index in [1.165, 1.54) is 0 Å². The van der Waals surface area contributed by atoms with Crippen molar-refractivity contribution in [3.05, 3.63) is 59.8 Å². The van der Waals surface area contributed by atoms with Gasteiger partial charge in [0.15, 0.2) is 11.5 Å². The number of rotatable bonds is 7. The molecule has 1 heterocycles. The van der Waals surface area contributed by atoms with Gasteiger partial charge in [0, 0.05) is 35.2 Å². The zero-order valence-corrected chi connectivity index (χ0v) is 16.3. The van der Waals surface area contributed by atoms with E-state index in [9.17, 15) is 4.79 Å². The van der Waals surface area contributed by atoms with Gasteiger partial charge in [0.2, 0.25) is 0 Å². The van der Waals surface area contributed by atoms with Crippen LogP contribution in [0.1, 0.15) is 35.8 Å². The normalized spacial score (nSPS) is 11.0. The van der Waals surface area contributed by atoms with Crippen molar-refractivity contribution in [2.24, 2.45) is 0 Å². The fourth-order valence-electron chi connectivity index (χ4n) is 3.29. The van der Waals surface area contributed by atoms with E-state index in [0.29, 0.717) is 29.6 Å². The minimum absolute atomic E-state index is 0.0532. The van der Waals surface area contributed by atoms with Crippen LogP contribution < -0.4 is 14.8 Å². The zero-order valence-electron chi connectivity index (χ0n) is 16.3. The van der Waals surface area contributed by atoms with Crippen LogP contribution in [0.5, 0.6) is 11.5 Å². The molecule has 1 amide bonds. The number of benzene rings is 2. The van der Waals surface area contributed by atoms with Crippen LogP contribution in [-0.4, -0.2) is 31.2 Å². The lowest BCUT2D eigenvalue weighted by molar-refractivity contribution is 0.0956. The maximum Gasteiger partial charge on any atom is 0.251 e. The Morgan fingerprint density at radius 2 is 1.85 bits per heavy atom. The number of methoxy groups -OCH3 is 2. The van der Waals surface area contributed by atoms with E-state index in [1.807, 2.05) is 42.6 Å². The van der Waals surface area contributed by atoms with Gasteiger partial charge >= 0.3 is 0 Å². The van der Waals surface area contributed by atoms with E-state index >= 15 is 0 Å². The molecule has 0 aliphatic carbocycles. The van der Waals surface area contributed by atoms with Gasteiger partial charge in [-0.05, 0) is 56.2 Å². The first-order valence-electron chi connectivity index (χ1n) is 9.13. The van der Waals surface area contributed by atoms with Gasteiger partial charge in [-0.3, -0.25) is 4.79 Å². The third-order valence-electron chi connectivity index (χ3n) is 4.71. The molecule has 0 aliphatic rings. The van der Waals surface area contributed by atoms with Gasteiger partial charge in [0.25, 0.3) is 5.91 Å². The molecule has 0 fully saturated rings. The summed E-state index contributed by atoms with van der Waals surface area (Å²) in [6, 6.07) is 14.0. The third kappa shape index (κ3) is 3.92. The Labute approximate surface area is 159 Å². The highest BCUT2D eigenvalue weighted by Gasteiger charge is 2.13. The molecule has 3 aromatic rings. The highest BCUT2D eigenvalue weighted by atomic mass is 16.5. The second-order valence-corrected chi connectivity index (χ2v) is 6.75. The molecule has 5 nitrogen and oxygen atoms in total. The Morgan fingerprint density at radius 1 is 1.07 bits per heavy atom. The van der Waals surface area contributed by atoms with Gasteiger partial charge in [-0.15, -0.1) is 0 Å². The first-order valence-corrected chi connectivity index (χ1v) is 9.13. The number of carbonyl (C=O) groups is 1. The Kier molecular flexibility index (Phi) is 5.69. The topological polar surface area (TPSA) is 52.5 Å². The predicted octanol–water partition coefficient (Wildman–Crippen LogP) is 4.21. The second kappa shape index (κ2) is 8.16. The number of hydrogen-bond acceptors (Lipinski definition) is 3. The lowest BCUT2D eigenvalue weighted by Crippen LogP contribution is -2.25. The SMILES string of the molecule is COc1ccc(CCNC(=O)c2cccc3c2ccn3C(C)C)cc1OC. The van der Waals surface area contributed by atoms with E-state index in [-0.39, 0.29) is 5.91 Å². The van der Waals surface area contributed by atoms with Crippen LogP contribution in [0, 0.1) is 0 Å². The first kappa shape index (κ1) is 18.8. The first-order chi connectivity index (χ1) is 13.0. The van der Waals surface area contributed by atoms with E-state index in [0.717, 1.165) is 22.9 Å². The predicted molar refractivity (Wildman–Crippen MR) is 108 cm³/mol. The summed E-state index contributed by atoms with van der Waals surface area (Å²) in [5.74, 6) is 1.34. The lowest BCUT2D eigenvalue weighted by atomic mass is 10.1. The molecule has 142 valence electrons. The van der Waals surface area contributed by atoms with Crippen LogP contribution in [-0.2, 0) is 6.42 Å². The zero-order chi connectivity index (χ0) is 19.4. The van der Waals surface area contributed by atoms with Crippen molar-refractivity contribution in [2.45, 2.75) is 26.3 Å². The molecular weight excluding hydrogens is 340 g/mol. The molecule has 0 atom stereocenters. The molecule has 0 bridgehead atoms. The number of ether oxygens (including phenoxy) is 2. The Bertz CT molecular complexity index is 944. The molecule has 0 spiro atoms. The molecule has 0 saturated carbocycles. The van der Waals surface area contributed by atoms with Crippen molar-refractivity contribution in [1.29, 1.82) is 0 Å². The number of amides is 1. The van der Waals surface area contributed by atoms with E-state index in [4.69, 9.17) is 9.47 Å². The number of nitrogens with one attached hydrogen (secondary N) is 1. The Morgan fingerprint density at radius 3 is 2.56 bits per heavy atom. The van der Waals surface area contributed by atoms with E-state index in [1.54, 1.807) is 14.2 Å². The summed E-state index contributed by atoms with van der Waals surface area (Å²) in [6.45, 7) is 4.82. The Hall–Kier alpha value is -2.95. The van der Waals surface area contributed by atoms with Gasteiger partial charge in [0.1, 0.15) is 0 Å². The number of hydrogen-bond donors (Lipinski definition) is 1. The summed E-state index contributed by atoms with van der Waals surface area (Å²) in [6.07, 6.45) is 2.75. The Balaban J connectivity index is 1.69. The molecule has 0 saturated heterocycles. The molecular formula is C22H26N2O3. The van der Waals surface area contributed by atoms with E-state index < -0.39 is 0 Å². The third-order valence-corrected chi connectivity index (χ3v) is 4.71. The molecule has 1 aromatic heterocycles. The quantitative estimate of drug-likeness (QED) is 0.681. The van der Waals surface area contributed by atoms with Crippen LogP contribution >= 0.6 is 0 Å². The standard InChI is InChI=1S/C22H26N2O3/c1-15(2)24-13-11-17-18(6-5-7-19(17)24)22(25)23-12-10-16-8-9-20(26-3)21(14-16)27-4/h5-9,11,13-15H,10,12H2,1-4H3,(H,23,25). The van der Waals surface area contributed by atoms with Crippen molar-refractivity contribution in [3.63, 3.8) is 0 Å². The van der Waals surface area contributed by atoms with Crippen molar-refractivity contribution in [3.8, 4) is 11.5 Å². The number of nitrogens with zero attached hydrogens (tertiary/aromatic N) is 1. The van der Waals surface area contributed by atoms with Crippen molar-refractivity contribution in [2.75, 3.05) is 20.8 Å². The van der Waals surface area contributed by atoms with Gasteiger partial charge in [-0.1, -0.05) is 12.1 Å². The highest BCUT2D eigenvalue weighted by molar-refractivity contribution is 6.06. The van der Waals surface area contributed by atoms with Crippen molar-refractivity contribution < 1.29 is 14.3 Å². The maximum atomic E-state index is 12.7. The molecule has 5 heteroatoms. The highest BCUT2D eigenvalue weighted by Crippen LogP contribution is 2.27.